The summed E-state index contributed by atoms with van der Waals surface area (Å²) in [5, 5.41) is 2.79. The first kappa shape index (κ1) is 12.4. The second kappa shape index (κ2) is 6.07. The predicted molar refractivity (Wildman–Crippen MR) is 62.2 cm³/mol. The summed E-state index contributed by atoms with van der Waals surface area (Å²) >= 11 is 0. The van der Waals surface area contributed by atoms with Gasteiger partial charge in [-0.05, 0) is 25.5 Å². The summed E-state index contributed by atoms with van der Waals surface area (Å²) in [7, 11) is 1.63. The molecule has 0 unspecified atom stereocenters. The van der Waals surface area contributed by atoms with Crippen LogP contribution < -0.4 is 11.1 Å². The van der Waals surface area contributed by atoms with Crippen molar-refractivity contribution in [2.75, 3.05) is 26.0 Å². The first-order valence-electron chi connectivity index (χ1n) is 5.15. The largest absolute Gasteiger partial charge is 0.385 e. The van der Waals surface area contributed by atoms with Crippen molar-refractivity contribution in [1.82, 2.24) is 10.3 Å². The molecule has 16 heavy (non-hydrogen) atoms. The third-order valence-electron chi connectivity index (χ3n) is 2.05. The zero-order valence-corrected chi connectivity index (χ0v) is 9.62. The van der Waals surface area contributed by atoms with E-state index >= 15 is 0 Å². The number of amides is 1. The van der Waals surface area contributed by atoms with E-state index in [1.165, 1.54) is 0 Å². The molecule has 3 N–H and O–H groups in total. The molecule has 0 saturated heterocycles. The van der Waals surface area contributed by atoms with Crippen LogP contribution in [0.1, 0.15) is 22.5 Å². The average Bonchev–Trinajstić information content (AvgIpc) is 2.22. The third-order valence-corrected chi connectivity index (χ3v) is 2.05. The van der Waals surface area contributed by atoms with Crippen LogP contribution in [0.15, 0.2) is 12.1 Å². The maximum absolute atomic E-state index is 11.7. The van der Waals surface area contributed by atoms with Gasteiger partial charge in [-0.1, -0.05) is 0 Å². The van der Waals surface area contributed by atoms with Crippen LogP contribution in [0.3, 0.4) is 0 Å². The maximum Gasteiger partial charge on any atom is 0.251 e. The Bertz CT molecular complexity index is 346. The van der Waals surface area contributed by atoms with Gasteiger partial charge in [0.15, 0.2) is 0 Å². The molecule has 0 aromatic carbocycles. The van der Waals surface area contributed by atoms with Crippen molar-refractivity contribution in [3.63, 3.8) is 0 Å². The predicted octanol–water partition coefficient (Wildman–Crippen LogP) is 0.739. The molecule has 0 radical (unpaired) electrons. The number of pyridine rings is 1. The molecule has 5 nitrogen and oxygen atoms in total. The zero-order valence-electron chi connectivity index (χ0n) is 9.62. The molecule has 0 saturated carbocycles. The molecule has 0 bridgehead atoms. The van der Waals surface area contributed by atoms with Gasteiger partial charge < -0.3 is 15.8 Å². The van der Waals surface area contributed by atoms with E-state index in [9.17, 15) is 4.79 Å². The molecule has 1 rings (SSSR count). The normalized spacial score (nSPS) is 10.1. The molecular formula is C11H17N3O2. The number of carbonyl (C=O) groups excluding carboxylic acids is 1. The van der Waals surface area contributed by atoms with Gasteiger partial charge in [-0.3, -0.25) is 4.79 Å². The Kier molecular flexibility index (Phi) is 4.72. The molecule has 88 valence electrons. The molecule has 0 spiro atoms. The van der Waals surface area contributed by atoms with Crippen molar-refractivity contribution >= 4 is 11.7 Å². The monoisotopic (exact) mass is 223 g/mol. The topological polar surface area (TPSA) is 77.2 Å². The lowest BCUT2D eigenvalue weighted by Crippen LogP contribution is -2.25. The smallest absolute Gasteiger partial charge is 0.251 e. The summed E-state index contributed by atoms with van der Waals surface area (Å²) in [5.41, 5.74) is 6.84. The van der Waals surface area contributed by atoms with Crippen LogP contribution in [0.2, 0.25) is 0 Å². The lowest BCUT2D eigenvalue weighted by molar-refractivity contribution is 0.0948. The van der Waals surface area contributed by atoms with Crippen LogP contribution in [0.4, 0.5) is 5.82 Å². The highest BCUT2D eigenvalue weighted by molar-refractivity contribution is 5.94. The highest BCUT2D eigenvalue weighted by atomic mass is 16.5. The standard InChI is InChI=1S/C11H17N3O2/c1-8-6-9(7-10(12)14-8)11(15)13-4-3-5-16-2/h6-7H,3-5H2,1-2H3,(H2,12,14)(H,13,15). The Labute approximate surface area is 95.0 Å². The SMILES string of the molecule is COCCCNC(=O)c1cc(C)nc(N)c1. The molecule has 1 aromatic rings. The summed E-state index contributed by atoms with van der Waals surface area (Å²) in [5.74, 6) is 0.232. The number of rotatable bonds is 5. The molecule has 0 fully saturated rings. The number of hydrogen-bond donors (Lipinski definition) is 2. The molecule has 1 aromatic heterocycles. The van der Waals surface area contributed by atoms with Crippen LogP contribution in [-0.4, -0.2) is 31.2 Å². The summed E-state index contributed by atoms with van der Waals surface area (Å²) < 4.78 is 4.89. The number of nitrogen functional groups attached to an aromatic ring is 1. The lowest BCUT2D eigenvalue weighted by Gasteiger charge is -2.06. The summed E-state index contributed by atoms with van der Waals surface area (Å²) in [4.78, 5) is 15.7. The van der Waals surface area contributed by atoms with E-state index in [0.717, 1.165) is 12.1 Å². The fourth-order valence-electron chi connectivity index (χ4n) is 1.35. The van der Waals surface area contributed by atoms with Gasteiger partial charge in [0.25, 0.3) is 5.91 Å². The molecule has 0 aliphatic rings. The van der Waals surface area contributed by atoms with Crippen LogP contribution >= 0.6 is 0 Å². The van der Waals surface area contributed by atoms with Gasteiger partial charge in [0.05, 0.1) is 0 Å². The second-order valence-electron chi connectivity index (χ2n) is 3.52. The average molecular weight is 223 g/mol. The quantitative estimate of drug-likeness (QED) is 0.722. The van der Waals surface area contributed by atoms with Gasteiger partial charge in [-0.25, -0.2) is 4.98 Å². The Morgan fingerprint density at radius 3 is 2.94 bits per heavy atom. The van der Waals surface area contributed by atoms with Crippen molar-refractivity contribution in [1.29, 1.82) is 0 Å². The van der Waals surface area contributed by atoms with Gasteiger partial charge in [-0.15, -0.1) is 0 Å². The molecule has 1 amide bonds. The van der Waals surface area contributed by atoms with Crippen molar-refractivity contribution in [2.24, 2.45) is 0 Å². The van der Waals surface area contributed by atoms with Gasteiger partial charge in [0.1, 0.15) is 5.82 Å². The zero-order chi connectivity index (χ0) is 12.0. The number of ether oxygens (including phenoxy) is 1. The van der Waals surface area contributed by atoms with Gasteiger partial charge in [0.2, 0.25) is 0 Å². The number of anilines is 1. The van der Waals surface area contributed by atoms with E-state index in [4.69, 9.17) is 10.5 Å². The highest BCUT2D eigenvalue weighted by Crippen LogP contribution is 2.06. The molecule has 1 heterocycles. The minimum atomic E-state index is -0.131. The minimum Gasteiger partial charge on any atom is -0.385 e. The van der Waals surface area contributed by atoms with Gasteiger partial charge in [-0.2, -0.15) is 0 Å². The minimum absolute atomic E-state index is 0.131. The Hall–Kier alpha value is -1.62. The first-order chi connectivity index (χ1) is 7.63. The van der Waals surface area contributed by atoms with E-state index in [-0.39, 0.29) is 5.91 Å². The molecular weight excluding hydrogens is 206 g/mol. The number of aryl methyl sites for hydroxylation is 1. The third kappa shape index (κ3) is 3.86. The number of aromatic nitrogens is 1. The van der Waals surface area contributed by atoms with Gasteiger partial charge in [0, 0.05) is 31.5 Å². The van der Waals surface area contributed by atoms with E-state index in [2.05, 4.69) is 10.3 Å². The lowest BCUT2D eigenvalue weighted by atomic mass is 10.2. The van der Waals surface area contributed by atoms with Crippen LogP contribution in [0.5, 0.6) is 0 Å². The number of methoxy groups -OCH3 is 1. The van der Waals surface area contributed by atoms with Crippen molar-refractivity contribution < 1.29 is 9.53 Å². The number of carbonyl (C=O) groups is 1. The van der Waals surface area contributed by atoms with E-state index in [1.54, 1.807) is 26.2 Å². The van der Waals surface area contributed by atoms with Crippen molar-refractivity contribution in [2.45, 2.75) is 13.3 Å². The maximum atomic E-state index is 11.7. The van der Waals surface area contributed by atoms with Gasteiger partial charge >= 0.3 is 0 Å². The molecule has 0 aliphatic carbocycles. The Morgan fingerprint density at radius 1 is 1.56 bits per heavy atom. The number of nitrogens with zero attached hydrogens (tertiary/aromatic N) is 1. The van der Waals surface area contributed by atoms with Crippen molar-refractivity contribution in [3.05, 3.63) is 23.4 Å². The molecule has 0 atom stereocenters. The van der Waals surface area contributed by atoms with Crippen LogP contribution in [0.25, 0.3) is 0 Å². The Balaban J connectivity index is 2.52. The fourth-order valence-corrected chi connectivity index (χ4v) is 1.35. The second-order valence-corrected chi connectivity index (χ2v) is 3.52. The first-order valence-corrected chi connectivity index (χ1v) is 5.15. The summed E-state index contributed by atoms with van der Waals surface area (Å²) in [6.07, 6.45) is 0.793. The summed E-state index contributed by atoms with van der Waals surface area (Å²) in [6.45, 7) is 3.03. The van der Waals surface area contributed by atoms with E-state index in [0.29, 0.717) is 24.5 Å². The van der Waals surface area contributed by atoms with E-state index in [1.807, 2.05) is 0 Å². The molecule has 0 aliphatic heterocycles. The van der Waals surface area contributed by atoms with E-state index < -0.39 is 0 Å². The highest BCUT2D eigenvalue weighted by Gasteiger charge is 2.06. The molecule has 5 heteroatoms. The van der Waals surface area contributed by atoms with Crippen LogP contribution in [-0.2, 0) is 4.74 Å². The number of nitrogens with one attached hydrogen (secondary N) is 1. The van der Waals surface area contributed by atoms with Crippen LogP contribution in [0, 0.1) is 6.92 Å². The summed E-state index contributed by atoms with van der Waals surface area (Å²) in [6, 6.07) is 3.28. The fraction of sp³-hybridized carbons (Fsp3) is 0.455. The number of nitrogens with two attached hydrogens (primary N) is 1. The Morgan fingerprint density at radius 2 is 2.31 bits per heavy atom. The number of hydrogen-bond acceptors (Lipinski definition) is 4. The van der Waals surface area contributed by atoms with Crippen molar-refractivity contribution in [3.8, 4) is 0 Å².